The van der Waals surface area contributed by atoms with Gasteiger partial charge >= 0.3 is 5.97 Å². The maximum absolute atomic E-state index is 13.8. The quantitative estimate of drug-likeness (QED) is 0.123. The van der Waals surface area contributed by atoms with Gasteiger partial charge in [0.2, 0.25) is 47.3 Å². The van der Waals surface area contributed by atoms with Crippen molar-refractivity contribution in [2.45, 2.75) is 96.6 Å². The third-order valence-electron chi connectivity index (χ3n) is 8.75. The van der Waals surface area contributed by atoms with Crippen LogP contribution >= 0.6 is 0 Å². The summed E-state index contributed by atoms with van der Waals surface area (Å²) in [4.78, 5) is 118. The Morgan fingerprint density at radius 1 is 0.760 bits per heavy atom. The van der Waals surface area contributed by atoms with Gasteiger partial charge in [-0.1, -0.05) is 40.5 Å². The van der Waals surface area contributed by atoms with E-state index in [1.807, 2.05) is 0 Å². The smallest absolute Gasteiger partial charge is 0.308 e. The Morgan fingerprint density at radius 3 is 1.84 bits per heavy atom. The summed E-state index contributed by atoms with van der Waals surface area (Å²) in [5.41, 5.74) is 0. The molecule has 280 valence electrons. The van der Waals surface area contributed by atoms with Gasteiger partial charge in [-0.2, -0.15) is 0 Å². The molecule has 0 aromatic rings. The Labute approximate surface area is 290 Å². The van der Waals surface area contributed by atoms with Crippen molar-refractivity contribution in [3.63, 3.8) is 0 Å². The fourth-order valence-corrected chi connectivity index (χ4v) is 5.28. The molecule has 8 amide bonds. The molecule has 0 radical (unpaired) electrons. The van der Waals surface area contributed by atoms with Crippen LogP contribution in [0.4, 0.5) is 0 Å². The number of aliphatic hydroxyl groups excluding tert-OH is 1. The number of carbonyl (C=O) groups excluding carboxylic acids is 9. The lowest BCUT2D eigenvalue weighted by Crippen LogP contribution is -2.59. The summed E-state index contributed by atoms with van der Waals surface area (Å²) in [5.74, 6) is -7.95. The number of aliphatic hydroxyl groups is 1. The topological polar surface area (TPSA) is 271 Å². The summed E-state index contributed by atoms with van der Waals surface area (Å²) >= 11 is 0. The van der Waals surface area contributed by atoms with Crippen LogP contribution in [0.25, 0.3) is 0 Å². The van der Waals surface area contributed by atoms with Crippen molar-refractivity contribution in [1.29, 1.82) is 0 Å². The van der Waals surface area contributed by atoms with E-state index < -0.39 is 122 Å². The molecular formula is C31H50N8O11. The summed E-state index contributed by atoms with van der Waals surface area (Å²) < 4.78 is 4.68. The predicted molar refractivity (Wildman–Crippen MR) is 174 cm³/mol. The lowest BCUT2D eigenvalue weighted by molar-refractivity contribution is -0.148. The number of amides is 8. The number of nitrogens with zero attached hydrogens (tertiary/aromatic N) is 1. The molecule has 2 saturated heterocycles. The molecule has 0 saturated carbocycles. The zero-order chi connectivity index (χ0) is 37.7. The maximum atomic E-state index is 13.8. The first-order chi connectivity index (χ1) is 23.5. The Hall–Kier alpha value is -4.81. The number of nitrogens with one attached hydrogen (secondary N) is 7. The monoisotopic (exact) mass is 710 g/mol. The van der Waals surface area contributed by atoms with Crippen LogP contribution in [0.2, 0.25) is 0 Å². The van der Waals surface area contributed by atoms with E-state index in [-0.39, 0.29) is 18.9 Å². The van der Waals surface area contributed by atoms with Crippen LogP contribution in [-0.2, 0) is 47.9 Å². The van der Waals surface area contributed by atoms with E-state index >= 15 is 0 Å². The molecule has 0 aliphatic carbocycles. The van der Waals surface area contributed by atoms with Gasteiger partial charge in [0.05, 0.1) is 39.3 Å². The van der Waals surface area contributed by atoms with Crippen LogP contribution < -0.4 is 37.2 Å². The Bertz CT molecular complexity index is 1310. The fraction of sp³-hybridized carbons (Fsp3) is 0.710. The summed E-state index contributed by atoms with van der Waals surface area (Å²) in [6.45, 7) is 6.23. The van der Waals surface area contributed by atoms with Gasteiger partial charge in [-0.3, -0.25) is 43.2 Å². The number of fused-ring (bicyclic) bond motifs is 1. The van der Waals surface area contributed by atoms with Crippen molar-refractivity contribution in [2.75, 3.05) is 33.3 Å². The zero-order valence-corrected chi connectivity index (χ0v) is 29.3. The molecule has 50 heavy (non-hydrogen) atoms. The largest absolute Gasteiger partial charge is 0.469 e. The van der Waals surface area contributed by atoms with Crippen LogP contribution in [0, 0.1) is 11.8 Å². The van der Waals surface area contributed by atoms with Gasteiger partial charge in [0.1, 0.15) is 30.2 Å². The molecule has 2 heterocycles. The lowest BCUT2D eigenvalue weighted by atomic mass is 9.97. The molecule has 0 spiro atoms. The molecular weight excluding hydrogens is 660 g/mol. The first-order valence-corrected chi connectivity index (χ1v) is 16.6. The molecule has 8 atom stereocenters. The summed E-state index contributed by atoms with van der Waals surface area (Å²) in [5, 5.41) is 27.5. The Morgan fingerprint density at radius 2 is 1.28 bits per heavy atom. The highest BCUT2D eigenvalue weighted by molar-refractivity contribution is 5.98. The van der Waals surface area contributed by atoms with E-state index in [1.54, 1.807) is 27.7 Å². The average molecular weight is 711 g/mol. The molecule has 0 aromatic heterocycles. The molecule has 8 N–H and O–H groups in total. The highest BCUT2D eigenvalue weighted by Crippen LogP contribution is 2.21. The van der Waals surface area contributed by atoms with Crippen molar-refractivity contribution in [3.8, 4) is 0 Å². The summed E-state index contributed by atoms with van der Waals surface area (Å²) in [6, 6.07) is -6.41. The zero-order valence-electron chi connectivity index (χ0n) is 29.3. The Kier molecular flexibility index (Phi) is 16.0. The van der Waals surface area contributed by atoms with Gasteiger partial charge in [-0.05, 0) is 18.8 Å². The first kappa shape index (κ1) is 41.4. The van der Waals surface area contributed by atoms with Gasteiger partial charge in [-0.15, -0.1) is 0 Å². The summed E-state index contributed by atoms with van der Waals surface area (Å²) in [6.07, 6.45) is -1.13. The molecule has 0 bridgehead atoms. The summed E-state index contributed by atoms with van der Waals surface area (Å²) in [7, 11) is 1.07. The van der Waals surface area contributed by atoms with E-state index in [9.17, 15) is 48.3 Å². The molecule has 0 unspecified atom stereocenters. The number of esters is 1. The highest BCUT2D eigenvalue weighted by Gasteiger charge is 2.43. The third kappa shape index (κ3) is 12.0. The number of hydrogen-bond donors (Lipinski definition) is 8. The van der Waals surface area contributed by atoms with Crippen molar-refractivity contribution in [2.24, 2.45) is 11.8 Å². The lowest BCUT2D eigenvalue weighted by Gasteiger charge is -2.31. The second-order valence-electron chi connectivity index (χ2n) is 12.5. The molecule has 19 heteroatoms. The minimum absolute atomic E-state index is 0.216. The van der Waals surface area contributed by atoms with Gasteiger partial charge < -0.3 is 52.0 Å². The number of methoxy groups -OCH3 is 1. The molecule has 0 aromatic carbocycles. The molecule has 2 rings (SSSR count). The molecule has 2 fully saturated rings. The van der Waals surface area contributed by atoms with Crippen LogP contribution in [-0.4, -0.2) is 133 Å². The second-order valence-corrected chi connectivity index (χ2v) is 12.5. The molecule has 2 aliphatic heterocycles. The van der Waals surface area contributed by atoms with Gasteiger partial charge in [0.15, 0.2) is 0 Å². The van der Waals surface area contributed by atoms with E-state index in [2.05, 4.69) is 42.0 Å². The van der Waals surface area contributed by atoms with E-state index in [0.717, 1.165) is 12.0 Å². The first-order valence-electron chi connectivity index (χ1n) is 16.6. The van der Waals surface area contributed by atoms with Gasteiger partial charge in [0, 0.05) is 13.0 Å². The minimum Gasteiger partial charge on any atom is -0.469 e. The maximum Gasteiger partial charge on any atom is 0.308 e. The van der Waals surface area contributed by atoms with Crippen molar-refractivity contribution >= 4 is 53.2 Å². The number of ether oxygens (including phenoxy) is 1. The highest BCUT2D eigenvalue weighted by atomic mass is 16.5. The standard InChI is InChI=1S/C31H50N8O11/c1-7-15(3)25-29(47)34-13-22(42)35-17(5)27(45)36-19(10-24(44)50-6)31(49)39-14-18(40)9-20(39)28(46)38-26(16(4)8-2)30(48)33-11-21(41)32-12-23(43)37-25/h15-20,25-26,40H,7-14H2,1-6H3,(H,32,41)(H,33,48)(H,34,47)(H,35,42)(H,36,45)(H,37,43)(H,38,46)/t15-,16-,17-,18+,19-,20-,25-,26-/m0/s1. The van der Waals surface area contributed by atoms with Gasteiger partial charge in [0.25, 0.3) is 0 Å². The average Bonchev–Trinajstić information content (AvgIpc) is 3.49. The fourth-order valence-electron chi connectivity index (χ4n) is 5.28. The van der Waals surface area contributed by atoms with Crippen LogP contribution in [0.5, 0.6) is 0 Å². The SMILES string of the molecule is CC[C@H](C)[C@@H]1NC(=O)CNC(=O)CNC(=O)[C@H]([C@@H](C)CC)NC(=O)[C@@H]2C[C@@H](O)CN2C(=O)[C@H](CC(=O)OC)NC(=O)[C@H](C)NC(=O)CNC1=O. The molecule has 19 nitrogen and oxygen atoms in total. The van der Waals surface area contributed by atoms with Crippen LogP contribution in [0.1, 0.15) is 60.3 Å². The third-order valence-corrected chi connectivity index (χ3v) is 8.75. The van der Waals surface area contributed by atoms with E-state index in [1.165, 1.54) is 6.92 Å². The van der Waals surface area contributed by atoms with Crippen LogP contribution in [0.15, 0.2) is 0 Å². The normalized spacial score (nSPS) is 28.3. The van der Waals surface area contributed by atoms with Crippen molar-refractivity contribution in [3.05, 3.63) is 0 Å². The number of carbonyl (C=O) groups is 9. The molecule has 2 aliphatic rings. The van der Waals surface area contributed by atoms with Crippen molar-refractivity contribution < 1.29 is 53.0 Å². The number of rotatable bonds is 6. The Balaban J connectivity index is 2.44. The minimum atomic E-state index is -1.58. The van der Waals surface area contributed by atoms with Crippen LogP contribution in [0.3, 0.4) is 0 Å². The second kappa shape index (κ2) is 19.4. The predicted octanol–water partition coefficient (Wildman–Crippen LogP) is -4.08. The van der Waals surface area contributed by atoms with E-state index in [0.29, 0.717) is 12.8 Å². The number of hydrogen-bond acceptors (Lipinski definition) is 11. The van der Waals surface area contributed by atoms with E-state index in [4.69, 9.17) is 0 Å². The van der Waals surface area contributed by atoms with Crippen molar-refractivity contribution in [1.82, 2.24) is 42.1 Å². The van der Waals surface area contributed by atoms with Gasteiger partial charge in [-0.25, -0.2) is 0 Å².